The number of hydrogen-bond acceptors (Lipinski definition) is 8. The van der Waals surface area contributed by atoms with Crippen molar-refractivity contribution < 1.29 is 22.9 Å². The average Bonchev–Trinajstić information content (AvgIpc) is 2.83. The molecule has 3 aromatic rings. The normalized spacial score (nSPS) is 14.8. The van der Waals surface area contributed by atoms with E-state index in [4.69, 9.17) is 11.6 Å². The van der Waals surface area contributed by atoms with Crippen molar-refractivity contribution in [2.75, 3.05) is 49.6 Å². The number of alkyl halides is 3. The number of carbonyl (C=O) groups excluding carboxylic acids is 1. The van der Waals surface area contributed by atoms with Crippen LogP contribution in [0.4, 0.5) is 29.7 Å². The summed E-state index contributed by atoms with van der Waals surface area (Å²) in [4.78, 5) is 44.8. The number of halogens is 4. The number of hydrogen-bond donors (Lipinski definition) is 0. The van der Waals surface area contributed by atoms with Crippen LogP contribution >= 0.6 is 22.9 Å². The Morgan fingerprint density at radius 1 is 1.19 bits per heavy atom. The van der Waals surface area contributed by atoms with Gasteiger partial charge in [-0.05, 0) is 30.3 Å². The van der Waals surface area contributed by atoms with E-state index < -0.39 is 33.3 Å². The fourth-order valence-electron chi connectivity index (χ4n) is 3.78. The molecular formula is C22H19ClF3N5O4S. The minimum Gasteiger partial charge on any atom is -0.345 e. The zero-order chi connectivity index (χ0) is 26.2. The van der Waals surface area contributed by atoms with Gasteiger partial charge in [-0.3, -0.25) is 24.6 Å². The van der Waals surface area contributed by atoms with Crippen LogP contribution in [-0.2, 0) is 11.0 Å². The van der Waals surface area contributed by atoms with Gasteiger partial charge in [-0.15, -0.1) is 0 Å². The van der Waals surface area contributed by atoms with Crippen molar-refractivity contribution in [3.8, 4) is 0 Å². The smallest absolute Gasteiger partial charge is 0.345 e. The van der Waals surface area contributed by atoms with Gasteiger partial charge in [-0.1, -0.05) is 22.9 Å². The number of likely N-dealkylation sites (N-methyl/N-ethyl adjacent to an activating group) is 1. The Labute approximate surface area is 211 Å². The first kappa shape index (κ1) is 25.8. The van der Waals surface area contributed by atoms with Crippen molar-refractivity contribution in [3.63, 3.8) is 0 Å². The highest BCUT2D eigenvalue weighted by Crippen LogP contribution is 2.38. The minimum absolute atomic E-state index is 0.129. The Morgan fingerprint density at radius 2 is 1.83 bits per heavy atom. The van der Waals surface area contributed by atoms with Crippen LogP contribution < -0.4 is 15.4 Å². The van der Waals surface area contributed by atoms with Crippen molar-refractivity contribution in [1.29, 1.82) is 0 Å². The van der Waals surface area contributed by atoms with Gasteiger partial charge in [-0.25, -0.2) is 0 Å². The van der Waals surface area contributed by atoms with E-state index in [1.807, 2.05) is 4.90 Å². The zero-order valence-electron chi connectivity index (χ0n) is 18.8. The number of fused-ring (bicyclic) bond motifs is 1. The molecule has 0 N–H and O–H groups in total. The van der Waals surface area contributed by atoms with E-state index in [0.29, 0.717) is 49.0 Å². The summed E-state index contributed by atoms with van der Waals surface area (Å²) in [5.74, 6) is -0.129. The zero-order valence-corrected chi connectivity index (χ0v) is 20.4. The van der Waals surface area contributed by atoms with Crippen molar-refractivity contribution >= 4 is 55.4 Å². The minimum atomic E-state index is -4.84. The molecule has 2 heterocycles. The Balaban J connectivity index is 1.49. The number of nitro groups is 1. The quantitative estimate of drug-likeness (QED) is 0.355. The number of nitrogens with zero attached hydrogens (tertiary/aromatic N) is 5. The SMILES string of the molecule is CN(C(=O)CN1CCN(c2nc(=O)c3cc(C(F)(F)F)cc([N+](=O)[O-])c3s2)CC1)c1ccc(Cl)cc1. The molecule has 1 amide bonds. The highest BCUT2D eigenvalue weighted by molar-refractivity contribution is 7.22. The molecular weight excluding hydrogens is 523 g/mol. The molecule has 0 aliphatic carbocycles. The predicted octanol–water partition coefficient (Wildman–Crippen LogP) is 4.02. The topological polar surface area (TPSA) is 99.9 Å². The second-order valence-corrected chi connectivity index (χ2v) is 9.53. The summed E-state index contributed by atoms with van der Waals surface area (Å²) in [6.45, 7) is 1.81. The molecule has 0 saturated carbocycles. The highest BCUT2D eigenvalue weighted by Gasteiger charge is 2.34. The lowest BCUT2D eigenvalue weighted by Crippen LogP contribution is -2.50. The standard InChI is InChI=1S/C22H19ClF3N5O4S/c1-28(15-4-2-14(23)3-5-15)18(32)12-29-6-8-30(9-7-29)21-27-20(33)16-10-13(22(24,25)26)11-17(31(34)35)19(16)36-21/h2-5,10-11H,6-9,12H2,1H3. The van der Waals surface area contributed by atoms with Crippen molar-refractivity contribution in [3.05, 3.63) is 67.5 Å². The first-order valence-electron chi connectivity index (χ1n) is 10.6. The van der Waals surface area contributed by atoms with E-state index in [2.05, 4.69) is 4.98 Å². The molecule has 2 aromatic carbocycles. The largest absolute Gasteiger partial charge is 0.416 e. The third-order valence-electron chi connectivity index (χ3n) is 5.80. The molecule has 36 heavy (non-hydrogen) atoms. The average molecular weight is 542 g/mol. The third-order valence-corrected chi connectivity index (χ3v) is 7.22. The van der Waals surface area contributed by atoms with E-state index in [0.717, 1.165) is 11.3 Å². The summed E-state index contributed by atoms with van der Waals surface area (Å²) < 4.78 is 39.3. The first-order chi connectivity index (χ1) is 16.9. The lowest BCUT2D eigenvalue weighted by Gasteiger charge is -2.35. The maximum absolute atomic E-state index is 13.2. The molecule has 1 aliphatic rings. The van der Waals surface area contributed by atoms with Gasteiger partial charge in [0.05, 0.1) is 22.4 Å². The molecule has 1 fully saturated rings. The fraction of sp³-hybridized carbons (Fsp3) is 0.318. The molecule has 1 aromatic heterocycles. The molecule has 14 heteroatoms. The summed E-state index contributed by atoms with van der Waals surface area (Å²) in [5.41, 5.74) is -2.33. The molecule has 0 atom stereocenters. The molecule has 1 aliphatic heterocycles. The molecule has 9 nitrogen and oxygen atoms in total. The van der Waals surface area contributed by atoms with Crippen LogP contribution in [0, 0.1) is 10.1 Å². The van der Waals surface area contributed by atoms with Crippen LogP contribution in [0.2, 0.25) is 5.02 Å². The molecule has 4 rings (SSSR count). The number of aromatic nitrogens is 1. The molecule has 190 valence electrons. The molecule has 1 saturated heterocycles. The van der Waals surface area contributed by atoms with Crippen molar-refractivity contribution in [2.24, 2.45) is 0 Å². The monoisotopic (exact) mass is 541 g/mol. The van der Waals surface area contributed by atoms with Crippen LogP contribution in [0.15, 0.2) is 41.2 Å². The van der Waals surface area contributed by atoms with Gasteiger partial charge in [0, 0.05) is 50.0 Å². The maximum Gasteiger partial charge on any atom is 0.416 e. The molecule has 0 unspecified atom stereocenters. The first-order valence-corrected chi connectivity index (χ1v) is 11.8. The number of amides is 1. The number of anilines is 2. The summed E-state index contributed by atoms with van der Waals surface area (Å²) in [6, 6.07) is 7.89. The van der Waals surface area contributed by atoms with Crippen LogP contribution in [0.1, 0.15) is 5.56 Å². The van der Waals surface area contributed by atoms with Gasteiger partial charge < -0.3 is 9.80 Å². The van der Waals surface area contributed by atoms with Crippen LogP contribution in [0.25, 0.3) is 10.1 Å². The Bertz CT molecular complexity index is 1380. The highest BCUT2D eigenvalue weighted by atomic mass is 35.5. The van der Waals surface area contributed by atoms with E-state index >= 15 is 0 Å². The summed E-state index contributed by atoms with van der Waals surface area (Å²) in [7, 11) is 1.66. The number of nitro benzene ring substituents is 1. The molecule has 0 spiro atoms. The fourth-order valence-corrected chi connectivity index (χ4v) is 5.02. The molecule has 0 radical (unpaired) electrons. The molecule has 0 bridgehead atoms. The second kappa shape index (κ2) is 9.99. The summed E-state index contributed by atoms with van der Waals surface area (Å²) in [6.07, 6.45) is -4.84. The third kappa shape index (κ3) is 5.42. The summed E-state index contributed by atoms with van der Waals surface area (Å²) in [5, 5.41) is 11.8. The Hall–Kier alpha value is -3.29. The Morgan fingerprint density at radius 3 is 2.42 bits per heavy atom. The van der Waals surface area contributed by atoms with Crippen LogP contribution in [0.5, 0.6) is 0 Å². The van der Waals surface area contributed by atoms with E-state index in [9.17, 15) is 32.9 Å². The van der Waals surface area contributed by atoms with Gasteiger partial charge in [0.25, 0.3) is 11.2 Å². The van der Waals surface area contributed by atoms with Gasteiger partial charge in [0.1, 0.15) is 4.70 Å². The number of piperazine rings is 1. The van der Waals surface area contributed by atoms with Crippen LogP contribution in [0.3, 0.4) is 0 Å². The summed E-state index contributed by atoms with van der Waals surface area (Å²) >= 11 is 6.69. The number of rotatable bonds is 5. The van der Waals surface area contributed by atoms with Crippen molar-refractivity contribution in [2.45, 2.75) is 6.18 Å². The number of benzene rings is 2. The van der Waals surface area contributed by atoms with Gasteiger partial charge >= 0.3 is 6.18 Å². The van der Waals surface area contributed by atoms with Gasteiger partial charge in [-0.2, -0.15) is 18.2 Å². The Kier molecular flexibility index (Phi) is 7.16. The van der Waals surface area contributed by atoms with E-state index in [1.165, 1.54) is 4.90 Å². The van der Waals surface area contributed by atoms with Gasteiger partial charge in [0.15, 0.2) is 5.13 Å². The number of carbonyl (C=O) groups is 1. The van der Waals surface area contributed by atoms with E-state index in [1.54, 1.807) is 36.2 Å². The lowest BCUT2D eigenvalue weighted by molar-refractivity contribution is -0.383. The van der Waals surface area contributed by atoms with Gasteiger partial charge in [0.2, 0.25) is 5.91 Å². The van der Waals surface area contributed by atoms with E-state index in [-0.39, 0.29) is 22.3 Å². The van der Waals surface area contributed by atoms with Crippen molar-refractivity contribution in [1.82, 2.24) is 9.88 Å². The maximum atomic E-state index is 13.2. The second-order valence-electron chi connectivity index (χ2n) is 8.12. The lowest BCUT2D eigenvalue weighted by atomic mass is 10.1. The van der Waals surface area contributed by atoms with Crippen LogP contribution in [-0.4, -0.2) is 60.5 Å². The number of non-ortho nitro benzene ring substituents is 1. The predicted molar refractivity (Wildman–Crippen MR) is 131 cm³/mol.